The third-order valence-electron chi connectivity index (χ3n) is 15.6. The molecule has 1 saturated heterocycles. The SMILES string of the molecule is CCCCCCCCCCCCCCCCCCCCCCCC(O)C(O)C(=O)NC(COP(=O)(O)OC1C(O)C(O)C(O)C(O)C1OC1OC(CO)C(O)C(O)C1O)C(O)C(O)CCCCCCCCCCCCCC. The van der Waals surface area contributed by atoms with Gasteiger partial charge in [-0.05, 0) is 12.8 Å². The summed E-state index contributed by atoms with van der Waals surface area (Å²) in [4.78, 5) is 24.4. The number of hydrogen-bond acceptors (Lipinski definition) is 18. The van der Waals surface area contributed by atoms with Gasteiger partial charge >= 0.3 is 7.82 Å². The first kappa shape index (κ1) is 72.1. The van der Waals surface area contributed by atoms with Crippen LogP contribution in [-0.4, -0.2) is 183 Å². The maximum atomic E-state index is 13.6. The van der Waals surface area contributed by atoms with E-state index in [2.05, 4.69) is 19.2 Å². The summed E-state index contributed by atoms with van der Waals surface area (Å²) in [5, 5.41) is 130. The standard InChI is InChI=1S/C56H110NO19P/c1-3-5-7-9-11-13-15-17-18-19-20-21-22-23-24-25-27-29-31-33-35-37-42(60)45(62)55(70)57-40(44(61)41(59)36-34-32-30-28-26-16-14-12-10-8-6-4-2)39-73-77(71,72)76-54-51(68)49(66)48(65)50(67)53(54)75-56-52(69)47(64)46(63)43(38-58)74-56/h40-54,56,58-69H,3-39H2,1-2H3,(H,57,70)(H,71,72). The highest BCUT2D eigenvalue weighted by atomic mass is 31.2. The molecule has 0 aromatic carbocycles. The van der Waals surface area contributed by atoms with Gasteiger partial charge in [-0.25, -0.2) is 4.57 Å². The van der Waals surface area contributed by atoms with E-state index in [0.717, 1.165) is 57.8 Å². The number of phosphoric ester groups is 1. The summed E-state index contributed by atoms with van der Waals surface area (Å²) in [6.07, 6.45) is 8.84. The molecular weight excluding hydrogens is 1020 g/mol. The molecule has 1 saturated carbocycles. The number of ether oxygens (including phenoxy) is 2. The van der Waals surface area contributed by atoms with Crippen molar-refractivity contribution in [3.8, 4) is 0 Å². The fraction of sp³-hybridized carbons (Fsp3) is 0.982. The van der Waals surface area contributed by atoms with Crippen LogP contribution in [0.5, 0.6) is 0 Å². The van der Waals surface area contributed by atoms with E-state index in [-0.39, 0.29) is 12.8 Å². The van der Waals surface area contributed by atoms with Crippen molar-refractivity contribution in [2.75, 3.05) is 13.2 Å². The van der Waals surface area contributed by atoms with E-state index in [1.54, 1.807) is 0 Å². The number of nitrogens with one attached hydrogen (secondary N) is 1. The van der Waals surface area contributed by atoms with Gasteiger partial charge in [0.15, 0.2) is 12.4 Å². The lowest BCUT2D eigenvalue weighted by Crippen LogP contribution is -2.67. The van der Waals surface area contributed by atoms with Crippen LogP contribution in [0.1, 0.15) is 239 Å². The van der Waals surface area contributed by atoms with Crippen molar-refractivity contribution in [3.05, 3.63) is 0 Å². The van der Waals surface area contributed by atoms with Gasteiger partial charge < -0.3 is 81.0 Å². The Morgan fingerprint density at radius 3 is 1.23 bits per heavy atom. The first-order valence-electron chi connectivity index (χ1n) is 30.3. The Balaban J connectivity index is 1.93. The Labute approximate surface area is 461 Å². The highest BCUT2D eigenvalue weighted by Crippen LogP contribution is 2.48. The lowest BCUT2D eigenvalue weighted by Gasteiger charge is -2.47. The molecule has 1 amide bonds. The summed E-state index contributed by atoms with van der Waals surface area (Å²) in [6.45, 7) is 2.49. The number of rotatable bonds is 48. The third kappa shape index (κ3) is 29.2. The van der Waals surface area contributed by atoms with Crippen LogP contribution in [0.2, 0.25) is 0 Å². The molecular formula is C56H110NO19P. The molecule has 17 unspecified atom stereocenters. The van der Waals surface area contributed by atoms with Gasteiger partial charge in [0, 0.05) is 0 Å². The van der Waals surface area contributed by atoms with E-state index < -0.39 is 125 Å². The summed E-state index contributed by atoms with van der Waals surface area (Å²) in [6, 6.07) is -1.71. The number of aliphatic hydroxyl groups excluding tert-OH is 12. The Morgan fingerprint density at radius 1 is 0.494 bits per heavy atom. The molecule has 0 spiro atoms. The zero-order valence-corrected chi connectivity index (χ0v) is 48.0. The van der Waals surface area contributed by atoms with Crippen LogP contribution in [0.15, 0.2) is 0 Å². The number of hydrogen-bond donors (Lipinski definition) is 14. The normalized spacial score (nSPS) is 27.7. The molecule has 17 atom stereocenters. The number of amides is 1. The highest BCUT2D eigenvalue weighted by molar-refractivity contribution is 7.47. The second-order valence-electron chi connectivity index (χ2n) is 22.3. The fourth-order valence-corrected chi connectivity index (χ4v) is 11.4. The molecule has 0 radical (unpaired) electrons. The van der Waals surface area contributed by atoms with Crippen molar-refractivity contribution in [1.29, 1.82) is 0 Å². The van der Waals surface area contributed by atoms with Gasteiger partial charge in [0.2, 0.25) is 0 Å². The van der Waals surface area contributed by atoms with E-state index >= 15 is 0 Å². The third-order valence-corrected chi connectivity index (χ3v) is 16.6. The number of carbonyl (C=O) groups excluding carboxylic acids is 1. The number of aliphatic hydroxyl groups is 12. The van der Waals surface area contributed by atoms with Crippen LogP contribution in [0.3, 0.4) is 0 Å². The molecule has 1 heterocycles. The predicted octanol–water partition coefficient (Wildman–Crippen LogP) is 5.75. The van der Waals surface area contributed by atoms with Crippen LogP contribution < -0.4 is 5.32 Å². The lowest BCUT2D eigenvalue weighted by molar-refractivity contribution is -0.338. The molecule has 14 N–H and O–H groups in total. The molecule has 458 valence electrons. The first-order chi connectivity index (χ1) is 36.9. The van der Waals surface area contributed by atoms with E-state index in [4.69, 9.17) is 18.5 Å². The average Bonchev–Trinajstić information content (AvgIpc) is 3.41. The highest BCUT2D eigenvalue weighted by Gasteiger charge is 2.55. The van der Waals surface area contributed by atoms with Crippen LogP contribution in [0, 0.1) is 0 Å². The van der Waals surface area contributed by atoms with Crippen molar-refractivity contribution in [1.82, 2.24) is 5.32 Å². The van der Waals surface area contributed by atoms with Crippen LogP contribution >= 0.6 is 7.82 Å². The Bertz CT molecular complexity index is 1490. The summed E-state index contributed by atoms with van der Waals surface area (Å²) >= 11 is 0. The average molecular weight is 1130 g/mol. The smallest absolute Gasteiger partial charge is 0.394 e. The Morgan fingerprint density at radius 2 is 0.844 bits per heavy atom. The predicted molar refractivity (Wildman–Crippen MR) is 292 cm³/mol. The summed E-state index contributed by atoms with van der Waals surface area (Å²) < 4.78 is 34.7. The van der Waals surface area contributed by atoms with Crippen molar-refractivity contribution < 1.29 is 94.1 Å². The fourth-order valence-electron chi connectivity index (χ4n) is 10.4. The van der Waals surface area contributed by atoms with Crippen molar-refractivity contribution in [2.24, 2.45) is 0 Å². The van der Waals surface area contributed by atoms with Gasteiger partial charge in [-0.1, -0.05) is 226 Å². The van der Waals surface area contributed by atoms with Crippen molar-refractivity contribution >= 4 is 13.7 Å². The summed E-state index contributed by atoms with van der Waals surface area (Å²) in [5.74, 6) is -1.17. The van der Waals surface area contributed by atoms with Gasteiger partial charge in [-0.2, -0.15) is 0 Å². The van der Waals surface area contributed by atoms with Crippen LogP contribution in [0.25, 0.3) is 0 Å². The second-order valence-corrected chi connectivity index (χ2v) is 23.7. The van der Waals surface area contributed by atoms with E-state index in [0.29, 0.717) is 12.8 Å². The molecule has 2 fully saturated rings. The largest absolute Gasteiger partial charge is 0.472 e. The lowest BCUT2D eigenvalue weighted by atomic mass is 9.84. The second kappa shape index (κ2) is 42.8. The maximum absolute atomic E-state index is 13.6. The Hall–Kier alpha value is -0.980. The molecule has 1 aliphatic carbocycles. The number of unbranched alkanes of at least 4 members (excludes halogenated alkanes) is 31. The minimum atomic E-state index is -5.55. The van der Waals surface area contributed by atoms with Crippen LogP contribution in [-0.2, 0) is 27.9 Å². The minimum absolute atomic E-state index is 0.0618. The zero-order valence-electron chi connectivity index (χ0n) is 47.1. The Kier molecular flexibility index (Phi) is 40.1. The van der Waals surface area contributed by atoms with Gasteiger partial charge in [0.25, 0.3) is 5.91 Å². The van der Waals surface area contributed by atoms with Gasteiger partial charge in [0.05, 0.1) is 31.5 Å². The van der Waals surface area contributed by atoms with Crippen molar-refractivity contribution in [3.63, 3.8) is 0 Å². The maximum Gasteiger partial charge on any atom is 0.472 e. The number of carbonyl (C=O) groups is 1. The molecule has 2 rings (SSSR count). The molecule has 0 aromatic rings. The molecule has 0 aromatic heterocycles. The van der Waals surface area contributed by atoms with Crippen molar-refractivity contribution in [2.45, 2.75) is 336 Å². The molecule has 20 nitrogen and oxygen atoms in total. The quantitative estimate of drug-likeness (QED) is 0.0255. The van der Waals surface area contributed by atoms with E-state index in [1.165, 1.54) is 141 Å². The van der Waals surface area contributed by atoms with Gasteiger partial charge in [0.1, 0.15) is 67.1 Å². The molecule has 21 heteroatoms. The molecule has 77 heavy (non-hydrogen) atoms. The molecule has 0 bridgehead atoms. The monoisotopic (exact) mass is 1130 g/mol. The van der Waals surface area contributed by atoms with Crippen LogP contribution in [0.4, 0.5) is 0 Å². The molecule has 2 aliphatic rings. The minimum Gasteiger partial charge on any atom is -0.394 e. The van der Waals surface area contributed by atoms with Gasteiger partial charge in [-0.3, -0.25) is 13.8 Å². The summed E-state index contributed by atoms with van der Waals surface area (Å²) in [7, 11) is -5.55. The first-order valence-corrected chi connectivity index (χ1v) is 31.8. The molecule has 1 aliphatic heterocycles. The topological polar surface area (TPSA) is 346 Å². The summed E-state index contributed by atoms with van der Waals surface area (Å²) in [5.41, 5.74) is 0. The zero-order chi connectivity index (χ0) is 57.0. The van der Waals surface area contributed by atoms with Gasteiger partial charge in [-0.15, -0.1) is 0 Å². The van der Waals surface area contributed by atoms with E-state index in [1.807, 2.05) is 0 Å². The van der Waals surface area contributed by atoms with E-state index in [9.17, 15) is 75.5 Å². The number of phosphoric acid groups is 1.